The fourth-order valence-corrected chi connectivity index (χ4v) is 7.12. The molecule has 2 aliphatic heterocycles. The van der Waals surface area contributed by atoms with Crippen molar-refractivity contribution in [3.05, 3.63) is 71.4 Å². The van der Waals surface area contributed by atoms with Crippen LogP contribution in [0.1, 0.15) is 30.3 Å². The number of thiazole rings is 1. The lowest BCUT2D eigenvalue weighted by Crippen LogP contribution is -2.47. The van der Waals surface area contributed by atoms with E-state index in [9.17, 15) is 14.4 Å². The Balaban J connectivity index is 1.11. The number of nitriles is 1. The lowest BCUT2D eigenvalue weighted by atomic mass is 9.95. The number of anilines is 3. The van der Waals surface area contributed by atoms with Crippen molar-refractivity contribution in [1.82, 2.24) is 29.2 Å². The third kappa shape index (κ3) is 6.02. The molecule has 2 aliphatic rings. The Labute approximate surface area is 275 Å². The molecule has 0 aliphatic carbocycles. The van der Waals surface area contributed by atoms with Crippen LogP contribution in [-0.4, -0.2) is 81.6 Å². The van der Waals surface area contributed by atoms with E-state index < -0.39 is 0 Å². The normalized spacial score (nSPS) is 15.6. The summed E-state index contributed by atoms with van der Waals surface area (Å²) in [6.45, 7) is 6.12. The molecule has 0 spiro atoms. The summed E-state index contributed by atoms with van der Waals surface area (Å²) < 4.78 is 21.0. The second-order valence-electron chi connectivity index (χ2n) is 11.7. The van der Waals surface area contributed by atoms with Crippen molar-refractivity contribution < 1.29 is 13.9 Å². The Kier molecular flexibility index (Phi) is 8.53. The van der Waals surface area contributed by atoms with Gasteiger partial charge in [-0.25, -0.2) is 24.3 Å². The summed E-state index contributed by atoms with van der Waals surface area (Å²) in [7, 11) is 1.92. The van der Waals surface area contributed by atoms with Crippen molar-refractivity contribution in [3.8, 4) is 28.5 Å². The van der Waals surface area contributed by atoms with Crippen LogP contribution in [0.15, 0.2) is 55.0 Å². The van der Waals surface area contributed by atoms with Crippen molar-refractivity contribution in [3.63, 3.8) is 0 Å². The number of amides is 1. The van der Waals surface area contributed by atoms with Crippen LogP contribution in [0, 0.1) is 23.1 Å². The zero-order chi connectivity index (χ0) is 32.5. The van der Waals surface area contributed by atoms with Gasteiger partial charge in [0.25, 0.3) is 0 Å². The monoisotopic (exact) mass is 651 g/mol. The van der Waals surface area contributed by atoms with Gasteiger partial charge in [0.2, 0.25) is 11.9 Å². The lowest BCUT2D eigenvalue weighted by Gasteiger charge is -2.35. The summed E-state index contributed by atoms with van der Waals surface area (Å²) in [5, 5.41) is 10.5. The highest BCUT2D eigenvalue weighted by Crippen LogP contribution is 2.37. The highest BCUT2D eigenvalue weighted by molar-refractivity contribution is 7.16. The zero-order valence-corrected chi connectivity index (χ0v) is 27.1. The SMILES string of the molecule is CCc1nc2ccc(-c3cnc(N4CCC(C(=O)N5CCOCC5)CC4)nc3)cn2c1N(C)c1nc(-c2ccc(F)cc2)c(C#N)s1. The van der Waals surface area contributed by atoms with Gasteiger partial charge >= 0.3 is 0 Å². The number of benzene rings is 1. The van der Waals surface area contributed by atoms with Crippen LogP contribution in [-0.2, 0) is 16.0 Å². The summed E-state index contributed by atoms with van der Waals surface area (Å²) in [4.78, 5) is 38.5. The average molecular weight is 652 g/mol. The van der Waals surface area contributed by atoms with Crippen molar-refractivity contribution in [2.24, 2.45) is 5.92 Å². The van der Waals surface area contributed by atoms with Gasteiger partial charge in [0, 0.05) is 74.4 Å². The number of ether oxygens (including phenoxy) is 1. The maximum atomic E-state index is 13.6. The van der Waals surface area contributed by atoms with E-state index in [1.54, 1.807) is 12.1 Å². The number of pyridine rings is 1. The van der Waals surface area contributed by atoms with Crippen molar-refractivity contribution in [1.29, 1.82) is 5.26 Å². The molecule has 2 fully saturated rings. The first-order chi connectivity index (χ1) is 22.9. The molecule has 2 saturated heterocycles. The maximum absolute atomic E-state index is 13.6. The molecule has 0 bridgehead atoms. The summed E-state index contributed by atoms with van der Waals surface area (Å²) in [5.74, 6) is 1.45. The smallest absolute Gasteiger partial charge is 0.225 e. The summed E-state index contributed by atoms with van der Waals surface area (Å²) in [6, 6.07) is 12.2. The Hall–Kier alpha value is -4.93. The molecule has 7 rings (SSSR count). The fraction of sp³-hybridized carbons (Fsp3) is 0.353. The number of piperidine rings is 1. The number of halogens is 1. The molecule has 1 amide bonds. The molecule has 0 N–H and O–H groups in total. The minimum atomic E-state index is -0.341. The Bertz CT molecular complexity index is 1940. The summed E-state index contributed by atoms with van der Waals surface area (Å²) in [5.41, 5.74) is 4.69. The molecule has 0 unspecified atom stereocenters. The van der Waals surface area contributed by atoms with Crippen molar-refractivity contribution in [2.75, 3.05) is 56.2 Å². The molecule has 6 heterocycles. The molecular formula is C34H34FN9O2S. The number of nitrogens with zero attached hydrogens (tertiary/aromatic N) is 9. The van der Waals surface area contributed by atoms with Gasteiger partial charge in [0.05, 0.1) is 18.9 Å². The summed E-state index contributed by atoms with van der Waals surface area (Å²) >= 11 is 1.29. The number of carbonyl (C=O) groups is 1. The highest BCUT2D eigenvalue weighted by atomic mass is 32.1. The third-order valence-electron chi connectivity index (χ3n) is 8.86. The zero-order valence-electron chi connectivity index (χ0n) is 26.3. The molecule has 0 saturated carbocycles. The number of imidazole rings is 1. The number of aryl methyl sites for hydroxylation is 1. The van der Waals surface area contributed by atoms with Gasteiger partial charge in [-0.3, -0.25) is 9.20 Å². The largest absolute Gasteiger partial charge is 0.378 e. The minimum Gasteiger partial charge on any atom is -0.378 e. The number of rotatable bonds is 7. The first-order valence-corrected chi connectivity index (χ1v) is 16.6. The van der Waals surface area contributed by atoms with Crippen molar-refractivity contribution in [2.45, 2.75) is 26.2 Å². The first-order valence-electron chi connectivity index (χ1n) is 15.8. The molecule has 5 aromatic rings. The van der Waals surface area contributed by atoms with Crippen LogP contribution >= 0.6 is 11.3 Å². The maximum Gasteiger partial charge on any atom is 0.225 e. The molecule has 47 heavy (non-hydrogen) atoms. The first kappa shape index (κ1) is 30.7. The van der Waals surface area contributed by atoms with E-state index in [1.165, 1.54) is 23.5 Å². The van der Waals surface area contributed by atoms with E-state index in [-0.39, 0.29) is 17.6 Å². The topological polar surface area (TPSA) is 116 Å². The number of carbonyl (C=O) groups excluding carboxylic acids is 1. The second-order valence-corrected chi connectivity index (χ2v) is 12.7. The number of fused-ring (bicyclic) bond motifs is 1. The van der Waals surface area contributed by atoms with Gasteiger partial charge in [-0.05, 0) is 55.7 Å². The van der Waals surface area contributed by atoms with Gasteiger partial charge in [-0.1, -0.05) is 18.3 Å². The Morgan fingerprint density at radius 3 is 2.40 bits per heavy atom. The van der Waals surface area contributed by atoms with Gasteiger partial charge in [0.15, 0.2) is 5.13 Å². The van der Waals surface area contributed by atoms with Crippen LogP contribution in [0.2, 0.25) is 0 Å². The standard InChI is InChI=1S/C34H34FN9O2S/c1-3-27-31(41(2)34-40-30(28(18-36)47-34)22-4-7-26(35)8-5-22)44-21-24(6-9-29(44)39-27)25-19-37-33(38-20-25)43-12-10-23(11-13-43)32(45)42-14-16-46-17-15-42/h4-9,19-21,23H,3,10-17H2,1-2H3. The highest BCUT2D eigenvalue weighted by Gasteiger charge is 2.30. The molecule has 240 valence electrons. The minimum absolute atomic E-state index is 0.0382. The fourth-order valence-electron chi connectivity index (χ4n) is 6.27. The van der Waals surface area contributed by atoms with Gasteiger partial charge in [-0.15, -0.1) is 0 Å². The van der Waals surface area contributed by atoms with Crippen LogP contribution in [0.4, 0.5) is 21.3 Å². The van der Waals surface area contributed by atoms with E-state index in [1.807, 2.05) is 52.0 Å². The number of hydrogen-bond acceptors (Lipinski definition) is 10. The van der Waals surface area contributed by atoms with Gasteiger partial charge in [0.1, 0.15) is 33.9 Å². The van der Waals surface area contributed by atoms with E-state index in [0.717, 1.165) is 54.2 Å². The van der Waals surface area contributed by atoms with Crippen LogP contribution in [0.5, 0.6) is 0 Å². The van der Waals surface area contributed by atoms with Gasteiger partial charge in [-0.2, -0.15) is 5.26 Å². The van der Waals surface area contributed by atoms with Crippen molar-refractivity contribution >= 4 is 39.8 Å². The number of hydrogen-bond donors (Lipinski definition) is 0. The summed E-state index contributed by atoms with van der Waals surface area (Å²) in [6.07, 6.45) is 7.97. The van der Waals surface area contributed by atoms with E-state index in [2.05, 4.69) is 17.9 Å². The van der Waals surface area contributed by atoms with E-state index >= 15 is 0 Å². The molecule has 0 radical (unpaired) electrons. The van der Waals surface area contributed by atoms with E-state index in [4.69, 9.17) is 24.7 Å². The number of aromatic nitrogens is 5. The molecular weight excluding hydrogens is 618 g/mol. The van der Waals surface area contributed by atoms with Crippen LogP contribution in [0.3, 0.4) is 0 Å². The molecule has 11 nitrogen and oxygen atoms in total. The molecule has 0 atom stereocenters. The second kappa shape index (κ2) is 13.1. The Morgan fingerprint density at radius 1 is 1.02 bits per heavy atom. The third-order valence-corrected chi connectivity index (χ3v) is 9.90. The molecule has 4 aromatic heterocycles. The number of morpholine rings is 1. The molecule has 1 aromatic carbocycles. The van der Waals surface area contributed by atoms with Gasteiger partial charge < -0.3 is 19.4 Å². The molecule has 13 heteroatoms. The quantitative estimate of drug-likeness (QED) is 0.230. The Morgan fingerprint density at radius 2 is 1.72 bits per heavy atom. The van der Waals surface area contributed by atoms with Crippen LogP contribution < -0.4 is 9.80 Å². The predicted molar refractivity (Wildman–Crippen MR) is 178 cm³/mol. The lowest BCUT2D eigenvalue weighted by molar-refractivity contribution is -0.140. The van der Waals surface area contributed by atoms with Crippen LogP contribution in [0.25, 0.3) is 28.0 Å². The predicted octanol–water partition coefficient (Wildman–Crippen LogP) is 5.33. The average Bonchev–Trinajstić information content (AvgIpc) is 3.73. The van der Waals surface area contributed by atoms with E-state index in [0.29, 0.717) is 59.9 Å².